The van der Waals surface area contributed by atoms with Crippen molar-refractivity contribution in [2.24, 2.45) is 0 Å². The van der Waals surface area contributed by atoms with Gasteiger partial charge in [0.25, 0.3) is 5.91 Å². The molecule has 1 aliphatic rings. The highest BCUT2D eigenvalue weighted by atomic mass is 35.5. The molecule has 0 atom stereocenters. The first-order valence-electron chi connectivity index (χ1n) is 9.64. The third-order valence-electron chi connectivity index (χ3n) is 5.41. The number of carbonyl (C=O) groups is 1. The highest BCUT2D eigenvalue weighted by Gasteiger charge is 2.23. The van der Waals surface area contributed by atoms with Gasteiger partial charge in [0.05, 0.1) is 16.2 Å². The Morgan fingerprint density at radius 1 is 1.21 bits per heavy atom. The van der Waals surface area contributed by atoms with Gasteiger partial charge in [0, 0.05) is 31.1 Å². The number of piperidine rings is 1. The molecule has 3 heterocycles. The molecule has 28 heavy (non-hydrogen) atoms. The number of benzene rings is 1. The van der Waals surface area contributed by atoms with Crippen molar-refractivity contribution in [2.75, 3.05) is 13.1 Å². The van der Waals surface area contributed by atoms with Crippen molar-refractivity contribution in [1.82, 2.24) is 15.2 Å². The van der Waals surface area contributed by atoms with E-state index in [0.29, 0.717) is 5.76 Å². The molecule has 0 spiro atoms. The number of rotatable bonds is 4. The zero-order valence-corrected chi connectivity index (χ0v) is 16.9. The number of pyridine rings is 1. The Morgan fingerprint density at radius 3 is 2.68 bits per heavy atom. The summed E-state index contributed by atoms with van der Waals surface area (Å²) in [7, 11) is 0. The average molecular weight is 398 g/mol. The molecule has 1 aliphatic heterocycles. The quantitative estimate of drug-likeness (QED) is 0.704. The highest BCUT2D eigenvalue weighted by Crippen LogP contribution is 2.28. The first-order chi connectivity index (χ1) is 13.5. The lowest BCUT2D eigenvalue weighted by molar-refractivity contribution is 0.0879. The Balaban J connectivity index is 1.37. The molecule has 3 aromatic rings. The van der Waals surface area contributed by atoms with Gasteiger partial charge in [-0.05, 0) is 50.5 Å². The maximum absolute atomic E-state index is 12.3. The summed E-state index contributed by atoms with van der Waals surface area (Å²) in [5.74, 6) is 0.985. The number of nitrogens with one attached hydrogen (secondary N) is 1. The van der Waals surface area contributed by atoms with Gasteiger partial charge in [-0.2, -0.15) is 0 Å². The number of likely N-dealkylation sites (tertiary alicyclic amines) is 1. The van der Waals surface area contributed by atoms with Crippen LogP contribution in [-0.4, -0.2) is 34.9 Å². The van der Waals surface area contributed by atoms with Crippen LogP contribution < -0.4 is 5.32 Å². The highest BCUT2D eigenvalue weighted by molar-refractivity contribution is 6.32. The van der Waals surface area contributed by atoms with E-state index < -0.39 is 0 Å². The fourth-order valence-corrected chi connectivity index (χ4v) is 3.99. The van der Waals surface area contributed by atoms with Gasteiger partial charge in [-0.1, -0.05) is 29.8 Å². The van der Waals surface area contributed by atoms with E-state index in [-0.39, 0.29) is 11.9 Å². The van der Waals surface area contributed by atoms with Crippen molar-refractivity contribution in [3.63, 3.8) is 0 Å². The van der Waals surface area contributed by atoms with Crippen molar-refractivity contribution in [3.05, 3.63) is 64.2 Å². The second kappa shape index (κ2) is 7.94. The molecule has 1 aromatic carbocycles. The number of nitrogens with zero attached hydrogens (tertiary/aromatic N) is 2. The van der Waals surface area contributed by atoms with Crippen LogP contribution in [0.2, 0.25) is 5.02 Å². The SMILES string of the molecule is Cc1ccc(C(=O)NC2CCN(Cc3nc4ccccc4c(C)c3Cl)CC2)o1. The topological polar surface area (TPSA) is 58.4 Å². The number of fused-ring (bicyclic) bond motifs is 1. The number of furan rings is 1. The van der Waals surface area contributed by atoms with Gasteiger partial charge in [-0.15, -0.1) is 0 Å². The van der Waals surface area contributed by atoms with Crippen molar-refractivity contribution in [3.8, 4) is 0 Å². The van der Waals surface area contributed by atoms with Gasteiger partial charge in [0.2, 0.25) is 0 Å². The van der Waals surface area contributed by atoms with E-state index in [4.69, 9.17) is 21.0 Å². The zero-order chi connectivity index (χ0) is 19.7. The molecule has 1 saturated heterocycles. The van der Waals surface area contributed by atoms with Gasteiger partial charge in [0.1, 0.15) is 5.76 Å². The first kappa shape index (κ1) is 19.0. The lowest BCUT2D eigenvalue weighted by Gasteiger charge is -2.32. The van der Waals surface area contributed by atoms with Crippen LogP contribution in [0.15, 0.2) is 40.8 Å². The van der Waals surface area contributed by atoms with Crippen LogP contribution in [0.4, 0.5) is 0 Å². The summed E-state index contributed by atoms with van der Waals surface area (Å²) in [6.07, 6.45) is 1.80. The molecule has 0 bridgehead atoms. The van der Waals surface area contributed by atoms with Crippen LogP contribution in [0.5, 0.6) is 0 Å². The van der Waals surface area contributed by atoms with E-state index in [0.717, 1.165) is 65.4 Å². The predicted octanol–water partition coefficient (Wildman–Crippen LogP) is 4.49. The van der Waals surface area contributed by atoms with Crippen LogP contribution in [0.3, 0.4) is 0 Å². The average Bonchev–Trinajstić information content (AvgIpc) is 3.14. The molecule has 2 aromatic heterocycles. The summed E-state index contributed by atoms with van der Waals surface area (Å²) < 4.78 is 5.40. The van der Waals surface area contributed by atoms with Crippen LogP contribution >= 0.6 is 11.6 Å². The van der Waals surface area contributed by atoms with E-state index in [1.165, 1.54) is 0 Å². The fraction of sp³-hybridized carbons (Fsp3) is 0.364. The number of amides is 1. The van der Waals surface area contributed by atoms with Gasteiger partial charge in [-0.25, -0.2) is 4.98 Å². The van der Waals surface area contributed by atoms with E-state index in [1.54, 1.807) is 12.1 Å². The molecule has 0 unspecified atom stereocenters. The minimum Gasteiger partial charge on any atom is -0.456 e. The summed E-state index contributed by atoms with van der Waals surface area (Å²) in [4.78, 5) is 19.4. The monoisotopic (exact) mass is 397 g/mol. The first-order valence-corrected chi connectivity index (χ1v) is 10.0. The van der Waals surface area contributed by atoms with Crippen molar-refractivity contribution in [1.29, 1.82) is 0 Å². The van der Waals surface area contributed by atoms with Crippen LogP contribution in [-0.2, 0) is 6.54 Å². The Morgan fingerprint density at radius 2 is 1.96 bits per heavy atom. The Hall–Kier alpha value is -2.37. The maximum Gasteiger partial charge on any atom is 0.287 e. The van der Waals surface area contributed by atoms with Gasteiger partial charge in [0.15, 0.2) is 5.76 Å². The molecule has 0 aliphatic carbocycles. The molecule has 6 heteroatoms. The normalized spacial score (nSPS) is 15.8. The van der Waals surface area contributed by atoms with Gasteiger partial charge in [-0.3, -0.25) is 9.69 Å². The van der Waals surface area contributed by atoms with E-state index in [2.05, 4.69) is 16.3 Å². The molecule has 146 valence electrons. The molecular weight excluding hydrogens is 374 g/mol. The lowest BCUT2D eigenvalue weighted by atomic mass is 10.0. The van der Waals surface area contributed by atoms with E-state index in [1.807, 2.05) is 32.0 Å². The summed E-state index contributed by atoms with van der Waals surface area (Å²) >= 11 is 6.60. The second-order valence-corrected chi connectivity index (χ2v) is 7.83. The fourth-order valence-electron chi connectivity index (χ4n) is 3.78. The maximum atomic E-state index is 12.3. The smallest absolute Gasteiger partial charge is 0.287 e. The predicted molar refractivity (Wildman–Crippen MR) is 111 cm³/mol. The number of halogens is 1. The Labute approximate surface area is 169 Å². The third-order valence-corrected chi connectivity index (χ3v) is 5.91. The Bertz CT molecular complexity index is 1010. The van der Waals surface area contributed by atoms with Crippen LogP contribution in [0, 0.1) is 13.8 Å². The van der Waals surface area contributed by atoms with E-state index >= 15 is 0 Å². The van der Waals surface area contributed by atoms with Crippen molar-refractivity contribution < 1.29 is 9.21 Å². The number of hydrogen-bond acceptors (Lipinski definition) is 4. The zero-order valence-electron chi connectivity index (χ0n) is 16.2. The number of carbonyl (C=O) groups excluding carboxylic acids is 1. The molecule has 1 N–H and O–H groups in total. The number of aromatic nitrogens is 1. The molecule has 0 saturated carbocycles. The minimum absolute atomic E-state index is 0.138. The van der Waals surface area contributed by atoms with Crippen LogP contribution in [0.1, 0.15) is 40.4 Å². The molecular formula is C22H24ClN3O2. The van der Waals surface area contributed by atoms with Crippen LogP contribution in [0.25, 0.3) is 10.9 Å². The molecule has 0 radical (unpaired) electrons. The standard InChI is InChI=1S/C22H24ClN3O2/c1-14-7-8-20(28-14)22(27)24-16-9-11-26(12-10-16)13-19-21(23)15(2)17-5-3-4-6-18(17)25-19/h3-8,16H,9-13H2,1-2H3,(H,24,27). The molecule has 4 rings (SSSR count). The number of aryl methyl sites for hydroxylation is 2. The number of hydrogen-bond donors (Lipinski definition) is 1. The summed E-state index contributed by atoms with van der Waals surface area (Å²) in [5, 5.41) is 4.93. The molecule has 5 nitrogen and oxygen atoms in total. The summed E-state index contributed by atoms with van der Waals surface area (Å²) in [5.41, 5.74) is 2.99. The third kappa shape index (κ3) is 3.91. The Kier molecular flexibility index (Phi) is 5.38. The van der Waals surface area contributed by atoms with E-state index in [9.17, 15) is 4.79 Å². The minimum atomic E-state index is -0.138. The lowest BCUT2D eigenvalue weighted by Crippen LogP contribution is -2.44. The van der Waals surface area contributed by atoms with Crippen molar-refractivity contribution in [2.45, 2.75) is 39.3 Å². The molecule has 1 amide bonds. The second-order valence-electron chi connectivity index (χ2n) is 7.45. The summed E-state index contributed by atoms with van der Waals surface area (Å²) in [6.45, 7) is 6.40. The number of para-hydroxylation sites is 1. The molecule has 1 fully saturated rings. The summed E-state index contributed by atoms with van der Waals surface area (Å²) in [6, 6.07) is 11.8. The van der Waals surface area contributed by atoms with Gasteiger partial charge < -0.3 is 9.73 Å². The largest absolute Gasteiger partial charge is 0.456 e. The van der Waals surface area contributed by atoms with Gasteiger partial charge >= 0.3 is 0 Å². The van der Waals surface area contributed by atoms with Crippen molar-refractivity contribution >= 4 is 28.4 Å².